The van der Waals surface area contributed by atoms with Crippen LogP contribution in [0.1, 0.15) is 22.8 Å². The van der Waals surface area contributed by atoms with E-state index in [2.05, 4.69) is 71.7 Å². The van der Waals surface area contributed by atoms with Gasteiger partial charge in [0, 0.05) is 61.0 Å². The Morgan fingerprint density at radius 2 is 1.33 bits per heavy atom. The molecule has 1 aliphatic carbocycles. The first kappa shape index (κ1) is 27.2. The van der Waals surface area contributed by atoms with Crippen molar-refractivity contribution in [1.29, 1.82) is 0 Å². The van der Waals surface area contributed by atoms with Crippen LogP contribution in [0.5, 0.6) is 0 Å². The van der Waals surface area contributed by atoms with Gasteiger partial charge in [0.05, 0.1) is 5.39 Å². The summed E-state index contributed by atoms with van der Waals surface area (Å²) < 4.78 is 9.19. The molecule has 0 fully saturated rings. The van der Waals surface area contributed by atoms with Crippen molar-refractivity contribution in [1.82, 2.24) is 19.9 Å². The fourth-order valence-electron chi connectivity index (χ4n) is 7.11. The molecule has 0 N–H and O–H groups in total. The van der Waals surface area contributed by atoms with Crippen molar-refractivity contribution >= 4 is 59.5 Å². The lowest BCUT2D eigenvalue weighted by molar-refractivity contribution is 0.525. The second kappa shape index (κ2) is 10.8. The Hall–Kier alpha value is -5.98. The Morgan fingerprint density at radius 3 is 2.12 bits per heavy atom. The number of hydrogen-bond donors (Lipinski definition) is 0. The van der Waals surface area contributed by atoms with Gasteiger partial charge in [-0.3, -0.25) is 0 Å². The summed E-state index contributed by atoms with van der Waals surface area (Å²) in [7, 11) is 0. The summed E-state index contributed by atoms with van der Waals surface area (Å²) in [4.78, 5) is 19.6. The van der Waals surface area contributed by atoms with Crippen molar-refractivity contribution in [3.63, 3.8) is 0 Å². The van der Waals surface area contributed by atoms with E-state index >= 15 is 0 Å². The van der Waals surface area contributed by atoms with E-state index in [4.69, 9.17) is 19.4 Å². The van der Waals surface area contributed by atoms with Crippen LogP contribution in [0, 0.1) is 0 Å². The quantitative estimate of drug-likeness (QED) is 0.193. The molecular weight excluding hydrogens is 609 g/mol. The van der Waals surface area contributed by atoms with Gasteiger partial charge >= 0.3 is 0 Å². The molecule has 4 aromatic heterocycles. The fourth-order valence-corrected chi connectivity index (χ4v) is 8.41. The molecule has 6 heteroatoms. The SMILES string of the molecule is C1=CC(c2cccc3c2sc2ccc4ccccc4c23)Cc2oc3nccc(-c4nc(-c5ccccc5)nc(-c5ccccc5)n4)c3c21. The molecule has 0 bridgehead atoms. The number of hydrogen-bond acceptors (Lipinski definition) is 6. The Kier molecular flexibility index (Phi) is 6.11. The number of nitrogens with zero attached hydrogens (tertiary/aromatic N) is 4. The van der Waals surface area contributed by atoms with Gasteiger partial charge in [0.1, 0.15) is 5.76 Å². The van der Waals surface area contributed by atoms with E-state index in [0.717, 1.165) is 39.8 Å². The van der Waals surface area contributed by atoms with Gasteiger partial charge in [-0.25, -0.2) is 19.9 Å². The molecule has 0 amide bonds. The van der Waals surface area contributed by atoms with Gasteiger partial charge in [-0.2, -0.15) is 0 Å². The molecular formula is C42H26N4OS. The highest BCUT2D eigenvalue weighted by Gasteiger charge is 2.27. The van der Waals surface area contributed by atoms with Gasteiger partial charge in [-0.05, 0) is 28.5 Å². The number of benzene rings is 5. The largest absolute Gasteiger partial charge is 0.442 e. The van der Waals surface area contributed by atoms with Crippen molar-refractivity contribution in [3.8, 4) is 34.2 Å². The number of rotatable bonds is 4. The number of thiophene rings is 1. The molecule has 0 radical (unpaired) electrons. The van der Waals surface area contributed by atoms with E-state index in [0.29, 0.717) is 23.2 Å². The lowest BCUT2D eigenvalue weighted by Gasteiger charge is -2.17. The predicted octanol–water partition coefficient (Wildman–Crippen LogP) is 10.9. The van der Waals surface area contributed by atoms with Crippen LogP contribution in [-0.4, -0.2) is 19.9 Å². The van der Waals surface area contributed by atoms with Crippen LogP contribution < -0.4 is 0 Å². The van der Waals surface area contributed by atoms with Crippen LogP contribution in [0.4, 0.5) is 0 Å². The van der Waals surface area contributed by atoms with Crippen LogP contribution in [-0.2, 0) is 6.42 Å². The summed E-state index contributed by atoms with van der Waals surface area (Å²) >= 11 is 1.88. The summed E-state index contributed by atoms with van der Waals surface area (Å²) in [6, 6.07) is 42.0. The second-order valence-electron chi connectivity index (χ2n) is 12.2. The van der Waals surface area contributed by atoms with Crippen LogP contribution >= 0.6 is 11.3 Å². The smallest absolute Gasteiger partial charge is 0.227 e. The third-order valence-electron chi connectivity index (χ3n) is 9.36. The fraction of sp³-hybridized carbons (Fsp3) is 0.0476. The maximum Gasteiger partial charge on any atom is 0.227 e. The molecule has 0 aliphatic heterocycles. The molecule has 226 valence electrons. The molecule has 0 saturated heterocycles. The second-order valence-corrected chi connectivity index (χ2v) is 13.2. The van der Waals surface area contributed by atoms with Gasteiger partial charge in [0.2, 0.25) is 5.71 Å². The van der Waals surface area contributed by atoms with Gasteiger partial charge in [-0.1, -0.05) is 121 Å². The minimum absolute atomic E-state index is 0.177. The molecule has 48 heavy (non-hydrogen) atoms. The first-order valence-corrected chi connectivity index (χ1v) is 16.9. The maximum absolute atomic E-state index is 6.53. The highest BCUT2D eigenvalue weighted by molar-refractivity contribution is 7.26. The number of allylic oxidation sites excluding steroid dienone is 1. The maximum atomic E-state index is 6.53. The van der Waals surface area contributed by atoms with Gasteiger partial charge in [-0.15, -0.1) is 11.3 Å². The zero-order valence-electron chi connectivity index (χ0n) is 25.7. The normalized spacial score (nSPS) is 14.3. The van der Waals surface area contributed by atoms with Crippen molar-refractivity contribution in [2.24, 2.45) is 0 Å². The molecule has 0 spiro atoms. The minimum Gasteiger partial charge on any atom is -0.442 e. The highest BCUT2D eigenvalue weighted by atomic mass is 32.1. The van der Waals surface area contributed by atoms with E-state index in [1.165, 1.54) is 36.5 Å². The molecule has 9 aromatic rings. The zero-order chi connectivity index (χ0) is 31.6. The molecule has 5 aromatic carbocycles. The summed E-state index contributed by atoms with van der Waals surface area (Å²) in [5.74, 6) is 2.96. The monoisotopic (exact) mass is 634 g/mol. The Balaban J connectivity index is 1.10. The van der Waals surface area contributed by atoms with Crippen LogP contribution in [0.15, 0.2) is 138 Å². The lowest BCUT2D eigenvalue weighted by atomic mass is 9.87. The van der Waals surface area contributed by atoms with Crippen LogP contribution in [0.25, 0.3) is 82.3 Å². The third-order valence-corrected chi connectivity index (χ3v) is 10.6. The van der Waals surface area contributed by atoms with Crippen LogP contribution in [0.3, 0.4) is 0 Å². The molecule has 1 unspecified atom stereocenters. The average Bonchev–Trinajstić information content (AvgIpc) is 3.74. The van der Waals surface area contributed by atoms with Crippen LogP contribution in [0.2, 0.25) is 0 Å². The highest BCUT2D eigenvalue weighted by Crippen LogP contribution is 2.45. The summed E-state index contributed by atoms with van der Waals surface area (Å²) in [5, 5.41) is 6.16. The minimum atomic E-state index is 0.177. The number of aromatic nitrogens is 4. The lowest BCUT2D eigenvalue weighted by Crippen LogP contribution is -2.04. The van der Waals surface area contributed by atoms with E-state index < -0.39 is 0 Å². The molecule has 0 saturated carbocycles. The van der Waals surface area contributed by atoms with E-state index in [9.17, 15) is 0 Å². The van der Waals surface area contributed by atoms with E-state index in [1.807, 2.05) is 78.1 Å². The Labute approximate surface area is 279 Å². The van der Waals surface area contributed by atoms with E-state index in [-0.39, 0.29) is 5.92 Å². The predicted molar refractivity (Wildman–Crippen MR) is 196 cm³/mol. The molecule has 10 rings (SSSR count). The first-order chi connectivity index (χ1) is 23.8. The van der Waals surface area contributed by atoms with Crippen molar-refractivity contribution in [3.05, 3.63) is 150 Å². The topological polar surface area (TPSA) is 64.7 Å². The Bertz CT molecular complexity index is 2650. The third kappa shape index (κ3) is 4.30. The first-order valence-electron chi connectivity index (χ1n) is 16.1. The number of pyridine rings is 1. The van der Waals surface area contributed by atoms with E-state index in [1.54, 1.807) is 6.20 Å². The standard InChI is InChI=1S/C42H26N4OS/c1-3-11-26(12-4-1)39-44-40(27-13-5-2-6-14-27)46-41(45-39)33-22-23-43-42-37(33)31-20-18-28(24-34(31)47-42)30-16-9-17-32-36-29-15-8-7-10-25(29)19-21-35(36)48-38(30)32/h1-23,28H,24H2. The molecule has 5 nitrogen and oxygen atoms in total. The summed E-state index contributed by atoms with van der Waals surface area (Å²) in [5.41, 5.74) is 5.71. The Morgan fingerprint density at radius 1 is 0.625 bits per heavy atom. The molecule has 1 aliphatic rings. The number of fused-ring (bicyclic) bond motifs is 8. The average molecular weight is 635 g/mol. The van der Waals surface area contributed by atoms with Gasteiger partial charge in [0.15, 0.2) is 17.5 Å². The number of furan rings is 1. The van der Waals surface area contributed by atoms with Gasteiger partial charge < -0.3 is 4.42 Å². The summed E-state index contributed by atoms with van der Waals surface area (Å²) in [6.07, 6.45) is 7.06. The zero-order valence-corrected chi connectivity index (χ0v) is 26.5. The summed E-state index contributed by atoms with van der Waals surface area (Å²) in [6.45, 7) is 0. The van der Waals surface area contributed by atoms with Gasteiger partial charge in [0.25, 0.3) is 0 Å². The molecule has 1 atom stereocenters. The van der Waals surface area contributed by atoms with Crippen molar-refractivity contribution in [2.45, 2.75) is 12.3 Å². The molecule has 4 heterocycles. The van der Waals surface area contributed by atoms with Crippen molar-refractivity contribution < 1.29 is 4.42 Å². The van der Waals surface area contributed by atoms with Crippen molar-refractivity contribution in [2.75, 3.05) is 0 Å².